The number of allylic oxidation sites excluding steroid dienone is 26. The van der Waals surface area contributed by atoms with E-state index in [1.165, 1.54) is 77.0 Å². The number of carbonyl (C=O) groups excluding carboxylic acids is 4. The SMILES string of the molecule is CCCCC/C=C\C/C=C\C/C=C\C/C=C\C/C=C\CCC(=O)OC[C@H](COP(=O)(O)OC[C@@H](O)COP(=O)(O)OC[C@@H](COC(=O)CCCCCCC/C=C\C/C=C\CCCCC)OC(=O)CCC/C=C\C/C=C\C/C=C\C/C=C\CCCCC)OC(=O)CCCCCCC/C=C\C/C=C\CCCCC. The molecule has 0 aliphatic heterocycles. The number of hydrogen-bond acceptors (Lipinski definition) is 15. The molecule has 0 fully saturated rings. The van der Waals surface area contributed by atoms with E-state index in [-0.39, 0.29) is 25.7 Å². The number of ether oxygens (including phenoxy) is 4. The van der Waals surface area contributed by atoms with Crippen molar-refractivity contribution in [2.75, 3.05) is 39.6 Å². The standard InChI is InChI=1S/C87H144O17P2/c1-5-9-13-17-21-25-29-33-37-39-40-42-45-48-52-56-60-64-68-72-85(90)98-78-82(103-86(91)73-69-65-61-57-53-49-44-36-32-28-24-20-16-12-8-4)79-101-105(93,94)99-75-81(88)76-100-106(95,96)102-80-83(77-97-84(89)71-67-63-59-55-51-47-43-35-31-27-23-19-15-11-7-3)104-87(92)74-70-66-62-58-54-50-46-41-38-34-30-26-22-18-14-10-6-2/h21-28,33-38,40,42-44,46,48,50,52,58,60,62,64,81-83,88H,5-20,29-32,39,41,45,47,49,51,53-57,59,61,63,65-80H2,1-4H3,(H,93,94)(H,95,96)/b25-21-,26-22-,27-23-,28-24-,37-33-,38-34-,42-40-,43-35-,44-36-,50-46-,52-48-,62-58-,64-60-/t81-,82-,83-/m1/s1. The molecule has 0 rings (SSSR count). The van der Waals surface area contributed by atoms with Gasteiger partial charge in [-0.3, -0.25) is 37.3 Å². The number of phosphoric acid groups is 2. The summed E-state index contributed by atoms with van der Waals surface area (Å²) >= 11 is 0. The Morgan fingerprint density at radius 3 is 0.802 bits per heavy atom. The Kier molecular flexibility index (Phi) is 73.9. The van der Waals surface area contributed by atoms with E-state index in [4.69, 9.17) is 37.0 Å². The quantitative estimate of drug-likeness (QED) is 0.0169. The molecule has 5 atom stereocenters. The summed E-state index contributed by atoms with van der Waals surface area (Å²) in [5.41, 5.74) is 0. The smallest absolute Gasteiger partial charge is 0.462 e. The first-order valence-corrected chi connectivity index (χ1v) is 43.7. The third kappa shape index (κ3) is 76.9. The zero-order valence-corrected chi connectivity index (χ0v) is 67.8. The van der Waals surface area contributed by atoms with Crippen LogP contribution in [0.2, 0.25) is 0 Å². The van der Waals surface area contributed by atoms with Gasteiger partial charge >= 0.3 is 39.5 Å². The maximum absolute atomic E-state index is 13.1. The van der Waals surface area contributed by atoms with Crippen LogP contribution >= 0.6 is 15.6 Å². The molecule has 2 unspecified atom stereocenters. The highest BCUT2D eigenvalue weighted by Gasteiger charge is 2.30. The molecule has 106 heavy (non-hydrogen) atoms. The molecular weight excluding hydrogens is 1380 g/mol. The highest BCUT2D eigenvalue weighted by atomic mass is 31.2. The van der Waals surface area contributed by atoms with Gasteiger partial charge < -0.3 is 33.8 Å². The Morgan fingerprint density at radius 2 is 0.491 bits per heavy atom. The molecule has 17 nitrogen and oxygen atoms in total. The first-order chi connectivity index (χ1) is 51.7. The van der Waals surface area contributed by atoms with E-state index in [0.717, 1.165) is 141 Å². The maximum Gasteiger partial charge on any atom is 0.472 e. The summed E-state index contributed by atoms with van der Waals surface area (Å²) in [5, 5.41) is 10.6. The van der Waals surface area contributed by atoms with Crippen molar-refractivity contribution >= 4 is 39.5 Å². The predicted octanol–water partition coefficient (Wildman–Crippen LogP) is 24.0. The Labute approximate surface area is 642 Å². The van der Waals surface area contributed by atoms with Crippen LogP contribution in [0.1, 0.15) is 310 Å². The van der Waals surface area contributed by atoms with Crippen LogP contribution in [0.5, 0.6) is 0 Å². The number of unbranched alkanes of at least 4 members (excludes halogenated alkanes) is 23. The van der Waals surface area contributed by atoms with E-state index in [9.17, 15) is 43.2 Å². The van der Waals surface area contributed by atoms with Crippen molar-refractivity contribution in [3.63, 3.8) is 0 Å². The Morgan fingerprint density at radius 1 is 0.264 bits per heavy atom. The van der Waals surface area contributed by atoms with E-state index >= 15 is 0 Å². The van der Waals surface area contributed by atoms with E-state index in [1.807, 2.05) is 30.4 Å². The van der Waals surface area contributed by atoms with Gasteiger partial charge in [0.15, 0.2) is 12.2 Å². The van der Waals surface area contributed by atoms with Crippen LogP contribution in [0.25, 0.3) is 0 Å². The largest absolute Gasteiger partial charge is 0.472 e. The molecule has 0 aliphatic rings. The Balaban J connectivity index is 5.51. The van der Waals surface area contributed by atoms with E-state index in [2.05, 4.69) is 155 Å². The molecule has 604 valence electrons. The lowest BCUT2D eigenvalue weighted by Crippen LogP contribution is -2.30. The zero-order chi connectivity index (χ0) is 77.4. The number of aliphatic hydroxyl groups excluding tert-OH is 1. The Hall–Kier alpha value is -5.32. The number of hydrogen-bond donors (Lipinski definition) is 3. The minimum atomic E-state index is -5.01. The normalized spacial score (nSPS) is 14.7. The predicted molar refractivity (Wildman–Crippen MR) is 436 cm³/mol. The van der Waals surface area contributed by atoms with Crippen molar-refractivity contribution in [3.8, 4) is 0 Å². The average Bonchev–Trinajstić information content (AvgIpc) is 0.905. The van der Waals surface area contributed by atoms with Gasteiger partial charge in [-0.15, -0.1) is 0 Å². The van der Waals surface area contributed by atoms with Gasteiger partial charge in [-0.25, -0.2) is 9.13 Å². The van der Waals surface area contributed by atoms with Gasteiger partial charge in [-0.2, -0.15) is 0 Å². The van der Waals surface area contributed by atoms with Gasteiger partial charge in [0.05, 0.1) is 26.4 Å². The summed E-state index contributed by atoms with van der Waals surface area (Å²) in [6.45, 7) is 4.58. The second kappa shape index (κ2) is 77.8. The van der Waals surface area contributed by atoms with Crippen LogP contribution in [-0.2, 0) is 65.4 Å². The van der Waals surface area contributed by atoms with Crippen molar-refractivity contribution in [1.29, 1.82) is 0 Å². The number of esters is 4. The highest BCUT2D eigenvalue weighted by Crippen LogP contribution is 2.45. The average molecular weight is 1520 g/mol. The van der Waals surface area contributed by atoms with Crippen molar-refractivity contribution < 1.29 is 80.2 Å². The molecule has 0 aromatic carbocycles. The lowest BCUT2D eigenvalue weighted by molar-refractivity contribution is -0.161. The minimum absolute atomic E-state index is 0.00955. The van der Waals surface area contributed by atoms with Crippen LogP contribution in [0.3, 0.4) is 0 Å². The van der Waals surface area contributed by atoms with Crippen molar-refractivity contribution in [3.05, 3.63) is 158 Å². The number of aliphatic hydroxyl groups is 1. The fraction of sp³-hybridized carbons (Fsp3) is 0.655. The van der Waals surface area contributed by atoms with Gasteiger partial charge in [0.25, 0.3) is 0 Å². The fourth-order valence-electron chi connectivity index (χ4n) is 10.2. The van der Waals surface area contributed by atoms with Gasteiger partial charge in [0.2, 0.25) is 0 Å². The summed E-state index contributed by atoms with van der Waals surface area (Å²) in [7, 11) is -10.0. The van der Waals surface area contributed by atoms with Crippen molar-refractivity contribution in [2.24, 2.45) is 0 Å². The molecule has 0 aromatic heterocycles. The Bertz CT molecular complexity index is 2630. The molecule has 0 bridgehead atoms. The zero-order valence-electron chi connectivity index (χ0n) is 66.1. The van der Waals surface area contributed by atoms with Gasteiger partial charge in [-0.05, 0) is 167 Å². The lowest BCUT2D eigenvalue weighted by atomic mass is 10.1. The molecule has 0 amide bonds. The molecule has 0 spiro atoms. The maximum atomic E-state index is 13.1. The molecule has 0 saturated heterocycles. The minimum Gasteiger partial charge on any atom is -0.462 e. The summed E-state index contributed by atoms with van der Waals surface area (Å²) in [6, 6.07) is 0. The second-order valence-corrected chi connectivity index (χ2v) is 29.5. The first-order valence-electron chi connectivity index (χ1n) is 40.7. The molecule has 19 heteroatoms. The van der Waals surface area contributed by atoms with Crippen molar-refractivity contribution in [1.82, 2.24) is 0 Å². The third-order valence-electron chi connectivity index (χ3n) is 16.4. The van der Waals surface area contributed by atoms with Crippen molar-refractivity contribution in [2.45, 2.75) is 329 Å². The number of phosphoric ester groups is 2. The molecule has 0 aliphatic carbocycles. The third-order valence-corrected chi connectivity index (χ3v) is 18.3. The molecular formula is C87H144O17P2. The summed E-state index contributed by atoms with van der Waals surface area (Å²) < 4.78 is 68.5. The molecule has 0 aromatic rings. The van der Waals surface area contributed by atoms with Gasteiger partial charge in [0.1, 0.15) is 19.3 Å². The molecule has 0 radical (unpaired) electrons. The van der Waals surface area contributed by atoms with E-state index < -0.39 is 97.5 Å². The van der Waals surface area contributed by atoms with Crippen LogP contribution < -0.4 is 0 Å². The molecule has 0 saturated carbocycles. The van der Waals surface area contributed by atoms with Crippen LogP contribution in [0.4, 0.5) is 0 Å². The monoisotopic (exact) mass is 1520 g/mol. The van der Waals surface area contributed by atoms with Crippen LogP contribution in [0.15, 0.2) is 158 Å². The van der Waals surface area contributed by atoms with Gasteiger partial charge in [0, 0.05) is 25.7 Å². The summed E-state index contributed by atoms with van der Waals surface area (Å²) in [4.78, 5) is 73.0. The van der Waals surface area contributed by atoms with Gasteiger partial charge in [-0.1, -0.05) is 276 Å². The molecule has 3 N–H and O–H groups in total. The fourth-order valence-corrected chi connectivity index (χ4v) is 11.8. The molecule has 0 heterocycles. The number of rotatable bonds is 75. The van der Waals surface area contributed by atoms with E-state index in [0.29, 0.717) is 38.5 Å². The van der Waals surface area contributed by atoms with E-state index in [1.54, 1.807) is 0 Å². The summed E-state index contributed by atoms with van der Waals surface area (Å²) in [6.07, 6.45) is 90.9. The summed E-state index contributed by atoms with van der Waals surface area (Å²) in [5.74, 6) is -2.38. The second-order valence-electron chi connectivity index (χ2n) is 26.6. The van der Waals surface area contributed by atoms with Crippen LogP contribution in [0, 0.1) is 0 Å². The number of carbonyl (C=O) groups is 4. The topological polar surface area (TPSA) is 237 Å². The highest BCUT2D eigenvalue weighted by molar-refractivity contribution is 7.47. The first kappa shape index (κ1) is 101. The van der Waals surface area contributed by atoms with Crippen LogP contribution in [-0.4, -0.2) is 96.7 Å². The lowest BCUT2D eigenvalue weighted by Gasteiger charge is -2.21.